The first kappa shape index (κ1) is 18.2. The Morgan fingerprint density at radius 3 is 2.43 bits per heavy atom. The lowest BCUT2D eigenvalue weighted by atomic mass is 9.82. The lowest BCUT2D eigenvalue weighted by Gasteiger charge is -2.43. The van der Waals surface area contributed by atoms with Gasteiger partial charge in [0.15, 0.2) is 8.32 Å². The van der Waals surface area contributed by atoms with Gasteiger partial charge in [0, 0.05) is 12.1 Å². The van der Waals surface area contributed by atoms with Crippen LogP contribution in [-0.4, -0.2) is 31.7 Å². The highest BCUT2D eigenvalue weighted by molar-refractivity contribution is 6.74. The molecule has 0 saturated heterocycles. The van der Waals surface area contributed by atoms with E-state index in [2.05, 4.69) is 45.3 Å². The number of rotatable bonds is 4. The predicted octanol–water partition coefficient (Wildman–Crippen LogP) is 4.39. The second-order valence-electron chi connectivity index (χ2n) is 7.56. The minimum Gasteiger partial charge on any atom is -0.465 e. The molecule has 1 fully saturated rings. The van der Waals surface area contributed by atoms with E-state index in [-0.39, 0.29) is 23.1 Å². The van der Waals surface area contributed by atoms with Crippen LogP contribution in [0.2, 0.25) is 18.1 Å². The SMILES string of the molecule is CC=C[C@@H]1C[C@H](O[Si](C)(C)C(C)(C)C)CC[C@@H]1NC(=O)O. The number of carbonyl (C=O) groups is 1. The number of carboxylic acid groups (broad SMARTS) is 1. The van der Waals surface area contributed by atoms with Gasteiger partial charge in [-0.1, -0.05) is 32.9 Å². The molecule has 21 heavy (non-hydrogen) atoms. The second-order valence-corrected chi connectivity index (χ2v) is 12.3. The number of nitrogens with one attached hydrogen (secondary N) is 1. The molecule has 5 heteroatoms. The zero-order valence-electron chi connectivity index (χ0n) is 14.3. The molecular formula is C16H31NO3Si. The molecule has 1 amide bonds. The molecule has 0 aliphatic heterocycles. The van der Waals surface area contributed by atoms with E-state index in [0.29, 0.717) is 0 Å². The van der Waals surface area contributed by atoms with Gasteiger partial charge >= 0.3 is 6.09 Å². The van der Waals surface area contributed by atoms with Crippen LogP contribution in [0.5, 0.6) is 0 Å². The van der Waals surface area contributed by atoms with Gasteiger partial charge in [0.25, 0.3) is 0 Å². The summed E-state index contributed by atoms with van der Waals surface area (Å²) in [5.74, 6) is 0.231. The molecule has 1 aliphatic rings. The maximum Gasteiger partial charge on any atom is 0.404 e. The molecule has 0 spiro atoms. The minimum absolute atomic E-state index is 0.0120. The lowest BCUT2D eigenvalue weighted by molar-refractivity contribution is 0.101. The van der Waals surface area contributed by atoms with Crippen molar-refractivity contribution in [3.05, 3.63) is 12.2 Å². The van der Waals surface area contributed by atoms with Gasteiger partial charge in [-0.2, -0.15) is 0 Å². The average molecular weight is 314 g/mol. The molecular weight excluding hydrogens is 282 g/mol. The summed E-state index contributed by atoms with van der Waals surface area (Å²) in [7, 11) is -1.76. The van der Waals surface area contributed by atoms with Gasteiger partial charge in [-0.3, -0.25) is 0 Å². The van der Waals surface area contributed by atoms with Gasteiger partial charge in [0.2, 0.25) is 0 Å². The quantitative estimate of drug-likeness (QED) is 0.598. The highest BCUT2D eigenvalue weighted by Crippen LogP contribution is 2.40. The van der Waals surface area contributed by atoms with Gasteiger partial charge in [-0.15, -0.1) is 0 Å². The van der Waals surface area contributed by atoms with Crippen molar-refractivity contribution in [1.29, 1.82) is 0 Å². The third-order valence-corrected chi connectivity index (χ3v) is 9.40. The summed E-state index contributed by atoms with van der Waals surface area (Å²) in [6.45, 7) is 13.3. The normalized spacial score (nSPS) is 27.8. The maximum absolute atomic E-state index is 10.9. The third kappa shape index (κ3) is 5.15. The van der Waals surface area contributed by atoms with Crippen LogP contribution < -0.4 is 5.32 Å². The molecule has 0 radical (unpaired) electrons. The van der Waals surface area contributed by atoms with Crippen LogP contribution in [0.15, 0.2) is 12.2 Å². The molecule has 0 unspecified atom stereocenters. The average Bonchev–Trinajstić information content (AvgIpc) is 2.30. The van der Waals surface area contributed by atoms with Gasteiger partial charge < -0.3 is 14.8 Å². The monoisotopic (exact) mass is 313 g/mol. The third-order valence-electron chi connectivity index (χ3n) is 4.87. The fourth-order valence-electron chi connectivity index (χ4n) is 2.66. The molecule has 4 nitrogen and oxygen atoms in total. The minimum atomic E-state index is -1.76. The number of allylic oxidation sites excluding steroid dienone is 1. The Morgan fingerprint density at radius 1 is 1.33 bits per heavy atom. The number of hydrogen-bond donors (Lipinski definition) is 2. The maximum atomic E-state index is 10.9. The Labute approximate surface area is 130 Å². The first-order valence-corrected chi connectivity index (χ1v) is 10.8. The first-order chi connectivity index (χ1) is 9.56. The summed E-state index contributed by atoms with van der Waals surface area (Å²) >= 11 is 0. The van der Waals surface area contributed by atoms with Gasteiger partial charge in [-0.05, 0) is 50.2 Å². The van der Waals surface area contributed by atoms with Crippen molar-refractivity contribution < 1.29 is 14.3 Å². The summed E-state index contributed by atoms with van der Waals surface area (Å²) in [5, 5.41) is 11.8. The highest BCUT2D eigenvalue weighted by atomic mass is 28.4. The lowest BCUT2D eigenvalue weighted by Crippen LogP contribution is -2.49. The Kier molecular flexibility index (Phi) is 6.05. The summed E-state index contributed by atoms with van der Waals surface area (Å²) in [6, 6.07) is 0.0120. The summed E-state index contributed by atoms with van der Waals surface area (Å²) in [6.07, 6.45) is 6.13. The highest BCUT2D eigenvalue weighted by Gasteiger charge is 2.41. The molecule has 0 aromatic rings. The summed E-state index contributed by atoms with van der Waals surface area (Å²) in [5.41, 5.74) is 0. The predicted molar refractivity (Wildman–Crippen MR) is 89.2 cm³/mol. The van der Waals surface area contributed by atoms with E-state index < -0.39 is 14.4 Å². The topological polar surface area (TPSA) is 58.6 Å². The smallest absolute Gasteiger partial charge is 0.404 e. The van der Waals surface area contributed by atoms with Crippen LogP contribution in [0.4, 0.5) is 4.79 Å². The fourth-order valence-corrected chi connectivity index (χ4v) is 4.06. The largest absolute Gasteiger partial charge is 0.465 e. The molecule has 2 N–H and O–H groups in total. The van der Waals surface area contributed by atoms with Crippen LogP contribution in [0.1, 0.15) is 47.0 Å². The van der Waals surface area contributed by atoms with Gasteiger partial charge in [0.05, 0.1) is 0 Å². The molecule has 122 valence electrons. The molecule has 0 aromatic carbocycles. The van der Waals surface area contributed by atoms with E-state index in [4.69, 9.17) is 9.53 Å². The van der Waals surface area contributed by atoms with Crippen LogP contribution in [0.25, 0.3) is 0 Å². The Balaban J connectivity index is 2.72. The molecule has 0 bridgehead atoms. The van der Waals surface area contributed by atoms with Crippen molar-refractivity contribution >= 4 is 14.4 Å². The van der Waals surface area contributed by atoms with Crippen LogP contribution in [-0.2, 0) is 4.43 Å². The first-order valence-electron chi connectivity index (χ1n) is 7.87. The van der Waals surface area contributed by atoms with Crippen molar-refractivity contribution in [1.82, 2.24) is 5.32 Å². The summed E-state index contributed by atoms with van der Waals surface area (Å²) in [4.78, 5) is 10.9. The second kappa shape index (κ2) is 6.96. The Morgan fingerprint density at radius 2 is 1.95 bits per heavy atom. The van der Waals surface area contributed by atoms with Crippen molar-refractivity contribution in [3.63, 3.8) is 0 Å². The van der Waals surface area contributed by atoms with Crippen molar-refractivity contribution in [2.24, 2.45) is 5.92 Å². The van der Waals surface area contributed by atoms with Crippen LogP contribution in [0.3, 0.4) is 0 Å². The van der Waals surface area contributed by atoms with E-state index in [1.165, 1.54) is 0 Å². The van der Waals surface area contributed by atoms with Crippen molar-refractivity contribution in [2.45, 2.75) is 77.2 Å². The zero-order chi connectivity index (χ0) is 16.3. The van der Waals surface area contributed by atoms with E-state index in [9.17, 15) is 4.79 Å². The molecule has 0 aromatic heterocycles. The van der Waals surface area contributed by atoms with Crippen molar-refractivity contribution in [3.8, 4) is 0 Å². The van der Waals surface area contributed by atoms with E-state index in [1.54, 1.807) is 0 Å². The van der Waals surface area contributed by atoms with Gasteiger partial charge in [0.1, 0.15) is 0 Å². The Bertz CT molecular complexity index is 387. The fraction of sp³-hybridized carbons (Fsp3) is 0.812. The van der Waals surface area contributed by atoms with Crippen LogP contribution >= 0.6 is 0 Å². The molecule has 1 aliphatic carbocycles. The van der Waals surface area contributed by atoms with Crippen molar-refractivity contribution in [2.75, 3.05) is 0 Å². The van der Waals surface area contributed by atoms with Gasteiger partial charge in [-0.25, -0.2) is 4.79 Å². The summed E-state index contributed by atoms with van der Waals surface area (Å²) < 4.78 is 6.50. The Hall–Kier alpha value is -0.813. The molecule has 0 heterocycles. The van der Waals surface area contributed by atoms with E-state index >= 15 is 0 Å². The van der Waals surface area contributed by atoms with Crippen LogP contribution in [0, 0.1) is 5.92 Å². The zero-order valence-corrected chi connectivity index (χ0v) is 15.3. The number of hydrogen-bond acceptors (Lipinski definition) is 2. The molecule has 1 rings (SSSR count). The van der Waals surface area contributed by atoms with E-state index in [0.717, 1.165) is 19.3 Å². The van der Waals surface area contributed by atoms with E-state index in [1.807, 2.05) is 13.0 Å². The number of amides is 1. The molecule has 1 saturated carbocycles. The molecule has 3 atom stereocenters. The standard InChI is InChI=1S/C16H31NO3Si/c1-7-8-12-11-13(9-10-14(12)17-15(18)19)20-21(5,6)16(2,3)4/h7-8,12-14,17H,9-11H2,1-6H3,(H,18,19)/t12-,13-,14+/m1/s1.